The summed E-state index contributed by atoms with van der Waals surface area (Å²) in [6, 6.07) is 0. The van der Waals surface area contributed by atoms with E-state index in [-0.39, 0.29) is 22.2 Å². The monoisotopic (exact) mass is 352 g/mol. The number of hydrogen-bond acceptors (Lipinski definition) is 3. The molecule has 0 aromatic rings. The van der Waals surface area contributed by atoms with Crippen molar-refractivity contribution >= 4 is 5.97 Å². The number of ether oxygens (including phenoxy) is 1. The zero-order valence-electron chi connectivity index (χ0n) is 18.3. The zero-order chi connectivity index (χ0) is 20.1. The van der Waals surface area contributed by atoms with Gasteiger partial charge in [0.25, 0.3) is 0 Å². The molecule has 0 bridgehead atoms. The van der Waals surface area contributed by atoms with Crippen molar-refractivity contribution in [3.05, 3.63) is 11.8 Å². The summed E-state index contributed by atoms with van der Waals surface area (Å²) in [7, 11) is 0. The van der Waals surface area contributed by atoms with Crippen LogP contribution < -0.4 is 0 Å². The van der Waals surface area contributed by atoms with Crippen molar-refractivity contribution in [1.82, 2.24) is 0 Å². The number of aliphatic hydroxyl groups is 1. The lowest BCUT2D eigenvalue weighted by Gasteiger charge is -2.64. The van der Waals surface area contributed by atoms with Crippen molar-refractivity contribution in [2.75, 3.05) is 0 Å². The molecule has 1 aliphatic carbocycles. The van der Waals surface area contributed by atoms with E-state index in [1.807, 2.05) is 13.0 Å². The van der Waals surface area contributed by atoms with E-state index in [0.717, 1.165) is 0 Å². The molecule has 1 N–H and O–H groups in total. The van der Waals surface area contributed by atoms with Crippen LogP contribution in [0.3, 0.4) is 0 Å². The Morgan fingerprint density at radius 1 is 1.08 bits per heavy atom. The quantitative estimate of drug-likeness (QED) is 0.647. The Hall–Kier alpha value is -0.830. The Balaban J connectivity index is 3.73. The van der Waals surface area contributed by atoms with Crippen LogP contribution in [0.1, 0.15) is 89.0 Å². The third kappa shape index (κ3) is 3.54. The van der Waals surface area contributed by atoms with Gasteiger partial charge in [-0.1, -0.05) is 76.2 Å². The van der Waals surface area contributed by atoms with Crippen LogP contribution in [0.4, 0.5) is 0 Å². The smallest absolute Gasteiger partial charge is 0.310 e. The minimum absolute atomic E-state index is 0.171. The van der Waals surface area contributed by atoms with Crippen LogP contribution in [0.25, 0.3) is 0 Å². The molecule has 1 rings (SSSR count). The van der Waals surface area contributed by atoms with Crippen LogP contribution in [-0.2, 0) is 9.53 Å². The lowest BCUT2D eigenvalue weighted by molar-refractivity contribution is -0.198. The molecule has 0 saturated carbocycles. The Morgan fingerprint density at radius 2 is 1.52 bits per heavy atom. The lowest BCUT2D eigenvalue weighted by atomic mass is 9.42. The fourth-order valence-corrected chi connectivity index (χ4v) is 4.73. The summed E-state index contributed by atoms with van der Waals surface area (Å²) in [6.07, 6.45) is 2.38. The highest BCUT2D eigenvalue weighted by atomic mass is 16.5. The fraction of sp³-hybridized carbons (Fsp3) is 0.864. The Morgan fingerprint density at radius 3 is 1.84 bits per heavy atom. The number of aliphatic hydroxyl groups excluding tert-OH is 1. The minimum Gasteiger partial charge on any atom is -0.431 e. The van der Waals surface area contributed by atoms with Gasteiger partial charge in [-0.2, -0.15) is 0 Å². The average Bonchev–Trinajstić information content (AvgIpc) is 2.38. The highest BCUT2D eigenvalue weighted by molar-refractivity contribution is 5.70. The Labute approximate surface area is 155 Å². The van der Waals surface area contributed by atoms with Gasteiger partial charge < -0.3 is 9.84 Å². The molecule has 0 amide bonds. The number of hydrogen-bond donors (Lipinski definition) is 1. The first kappa shape index (κ1) is 22.2. The van der Waals surface area contributed by atoms with Gasteiger partial charge in [0.1, 0.15) is 5.76 Å². The van der Waals surface area contributed by atoms with Crippen molar-refractivity contribution in [2.45, 2.75) is 95.1 Å². The summed E-state index contributed by atoms with van der Waals surface area (Å²) in [4.78, 5) is 12.0. The van der Waals surface area contributed by atoms with Crippen LogP contribution >= 0.6 is 0 Å². The fourth-order valence-electron chi connectivity index (χ4n) is 4.73. The van der Waals surface area contributed by atoms with E-state index in [1.54, 1.807) is 0 Å². The predicted octanol–water partition coefficient (Wildman–Crippen LogP) is 5.72. The normalized spacial score (nSPS) is 27.7. The van der Waals surface area contributed by atoms with Crippen LogP contribution in [0.2, 0.25) is 0 Å². The average molecular weight is 353 g/mol. The van der Waals surface area contributed by atoms with Gasteiger partial charge in [0.2, 0.25) is 0 Å². The van der Waals surface area contributed by atoms with Crippen molar-refractivity contribution in [2.24, 2.45) is 27.1 Å². The number of allylic oxidation sites excluding steroid dienone is 1. The van der Waals surface area contributed by atoms with Crippen molar-refractivity contribution in [1.29, 1.82) is 0 Å². The van der Waals surface area contributed by atoms with E-state index in [9.17, 15) is 9.90 Å². The largest absolute Gasteiger partial charge is 0.431 e. The molecule has 0 saturated heterocycles. The first-order valence-electron chi connectivity index (χ1n) is 9.54. The molecule has 0 heterocycles. The van der Waals surface area contributed by atoms with Crippen LogP contribution in [-0.4, -0.2) is 17.2 Å². The molecule has 3 nitrogen and oxygen atoms in total. The summed E-state index contributed by atoms with van der Waals surface area (Å²) in [5.41, 5.74) is -1.46. The standard InChI is InChI=1S/C22H40O3/c1-12-16(23)25-15-13-21(11,18(2,3)4)17(24)22(14-15,19(5,6)7)20(8,9)10/h13,17,24H,12,14H2,1-11H3. The zero-order valence-corrected chi connectivity index (χ0v) is 18.3. The molecule has 0 aromatic heterocycles. The number of carbonyl (C=O) groups is 1. The van der Waals surface area contributed by atoms with E-state index in [0.29, 0.717) is 18.6 Å². The number of rotatable bonds is 2. The first-order chi connectivity index (χ1) is 10.9. The Bertz CT molecular complexity index is 523. The van der Waals surface area contributed by atoms with E-state index in [2.05, 4.69) is 69.2 Å². The summed E-state index contributed by atoms with van der Waals surface area (Å²) < 4.78 is 5.74. The van der Waals surface area contributed by atoms with Crippen molar-refractivity contribution in [3.8, 4) is 0 Å². The van der Waals surface area contributed by atoms with Crippen molar-refractivity contribution in [3.63, 3.8) is 0 Å². The maximum absolute atomic E-state index is 12.0. The number of carbonyl (C=O) groups excluding carboxylic acids is 1. The number of esters is 1. The second kappa shape index (κ2) is 6.40. The molecule has 0 radical (unpaired) electrons. The molecule has 1 aliphatic rings. The molecule has 0 aliphatic heterocycles. The molecule has 25 heavy (non-hydrogen) atoms. The van der Waals surface area contributed by atoms with Crippen LogP contribution in [0.5, 0.6) is 0 Å². The van der Waals surface area contributed by atoms with Crippen LogP contribution in [0, 0.1) is 27.1 Å². The van der Waals surface area contributed by atoms with Gasteiger partial charge in [-0.25, -0.2) is 0 Å². The minimum atomic E-state index is -0.552. The summed E-state index contributed by atoms with van der Waals surface area (Å²) in [5, 5.41) is 11.8. The molecule has 0 aromatic carbocycles. The molecule has 3 heteroatoms. The first-order valence-corrected chi connectivity index (χ1v) is 9.54. The summed E-state index contributed by atoms with van der Waals surface area (Å²) in [5.74, 6) is 0.495. The van der Waals surface area contributed by atoms with Gasteiger partial charge in [0.15, 0.2) is 0 Å². The lowest BCUT2D eigenvalue weighted by Crippen LogP contribution is -2.63. The molecule has 2 unspecified atom stereocenters. The summed E-state index contributed by atoms with van der Waals surface area (Å²) >= 11 is 0. The van der Waals surface area contributed by atoms with E-state index >= 15 is 0 Å². The van der Waals surface area contributed by atoms with Gasteiger partial charge in [-0.15, -0.1) is 0 Å². The van der Waals surface area contributed by atoms with E-state index in [1.165, 1.54) is 0 Å². The van der Waals surface area contributed by atoms with Gasteiger partial charge in [0.05, 0.1) is 6.10 Å². The topological polar surface area (TPSA) is 46.5 Å². The third-order valence-electron chi connectivity index (χ3n) is 6.78. The van der Waals surface area contributed by atoms with Gasteiger partial charge in [-0.05, 0) is 22.3 Å². The van der Waals surface area contributed by atoms with Gasteiger partial charge in [-0.3, -0.25) is 4.79 Å². The molecule has 0 spiro atoms. The predicted molar refractivity (Wildman–Crippen MR) is 104 cm³/mol. The SMILES string of the molecule is CCC(=O)OC1=CC(C)(C(C)(C)C)C(O)C(C(C)(C)C)(C(C)(C)C)C1. The second-order valence-electron chi connectivity index (χ2n) is 11.0. The molecular weight excluding hydrogens is 312 g/mol. The summed E-state index contributed by atoms with van der Waals surface area (Å²) in [6.45, 7) is 23.5. The maximum atomic E-state index is 12.0. The molecular formula is C22H40O3. The second-order valence-corrected chi connectivity index (χ2v) is 11.0. The van der Waals surface area contributed by atoms with Gasteiger partial charge in [0, 0.05) is 23.7 Å². The van der Waals surface area contributed by atoms with Crippen LogP contribution in [0.15, 0.2) is 11.8 Å². The van der Waals surface area contributed by atoms with Crippen molar-refractivity contribution < 1.29 is 14.6 Å². The highest BCUT2D eigenvalue weighted by Crippen LogP contribution is 2.65. The molecule has 2 atom stereocenters. The van der Waals surface area contributed by atoms with E-state index < -0.39 is 16.9 Å². The Kier molecular flexibility index (Phi) is 5.69. The maximum Gasteiger partial charge on any atom is 0.310 e. The molecule has 0 fully saturated rings. The van der Waals surface area contributed by atoms with E-state index in [4.69, 9.17) is 4.74 Å². The molecule has 146 valence electrons. The third-order valence-corrected chi connectivity index (χ3v) is 6.78. The van der Waals surface area contributed by atoms with Gasteiger partial charge >= 0.3 is 5.97 Å². The highest BCUT2D eigenvalue weighted by Gasteiger charge is 2.64.